The Kier molecular flexibility index (Phi) is 3.50. The van der Waals surface area contributed by atoms with Crippen molar-refractivity contribution in [1.29, 1.82) is 0 Å². The number of rotatable bonds is 1. The summed E-state index contributed by atoms with van der Waals surface area (Å²) in [6, 6.07) is 1.70. The van der Waals surface area contributed by atoms with Crippen molar-refractivity contribution in [3.05, 3.63) is 21.9 Å². The minimum atomic E-state index is -0.160. The van der Waals surface area contributed by atoms with Crippen LogP contribution < -0.4 is 5.32 Å². The lowest BCUT2D eigenvalue weighted by molar-refractivity contribution is 0.0963. The van der Waals surface area contributed by atoms with Crippen molar-refractivity contribution >= 4 is 17.2 Å². The second-order valence-corrected chi connectivity index (χ2v) is 3.15. The van der Waals surface area contributed by atoms with Gasteiger partial charge in [-0.15, -0.1) is 11.3 Å². The average molecular weight is 195 g/mol. The Labute approximate surface area is 80.4 Å². The van der Waals surface area contributed by atoms with Gasteiger partial charge >= 0.3 is 0 Å². The average Bonchev–Trinajstić information content (AvgIpc) is 2.62. The van der Waals surface area contributed by atoms with Gasteiger partial charge in [-0.25, -0.2) is 0 Å². The standard InChI is InChI=1S/C9H9NO2S/c1-10-9(12)7-5-8(13-6-7)3-2-4-11/h5-6,11H,4H2,1H3,(H,10,12). The SMILES string of the molecule is CNC(=O)c1csc(C#CCO)c1. The molecule has 1 aromatic heterocycles. The Morgan fingerprint density at radius 2 is 2.54 bits per heavy atom. The number of thiophene rings is 1. The molecule has 3 nitrogen and oxygen atoms in total. The van der Waals surface area contributed by atoms with Gasteiger partial charge in [-0.05, 0) is 6.07 Å². The van der Waals surface area contributed by atoms with Crippen molar-refractivity contribution in [2.45, 2.75) is 0 Å². The summed E-state index contributed by atoms with van der Waals surface area (Å²) in [6.07, 6.45) is 0. The van der Waals surface area contributed by atoms with E-state index in [4.69, 9.17) is 5.11 Å². The van der Waals surface area contributed by atoms with Gasteiger partial charge in [0.05, 0.1) is 10.4 Å². The highest BCUT2D eigenvalue weighted by molar-refractivity contribution is 7.10. The van der Waals surface area contributed by atoms with Gasteiger partial charge < -0.3 is 10.4 Å². The molecule has 0 aromatic carbocycles. The van der Waals surface area contributed by atoms with Crippen molar-refractivity contribution in [2.24, 2.45) is 0 Å². The molecule has 0 aliphatic rings. The second-order valence-electron chi connectivity index (χ2n) is 2.24. The molecule has 0 spiro atoms. The number of aliphatic hydroxyl groups excluding tert-OH is 1. The molecule has 0 saturated heterocycles. The lowest BCUT2D eigenvalue weighted by atomic mass is 10.3. The molecule has 0 saturated carbocycles. The number of carbonyl (C=O) groups is 1. The van der Waals surface area contributed by atoms with E-state index in [1.165, 1.54) is 11.3 Å². The van der Waals surface area contributed by atoms with E-state index >= 15 is 0 Å². The lowest BCUT2D eigenvalue weighted by Gasteiger charge is -1.91. The molecule has 2 N–H and O–H groups in total. The maximum absolute atomic E-state index is 11.1. The summed E-state index contributed by atoms with van der Waals surface area (Å²) < 4.78 is 0. The summed E-state index contributed by atoms with van der Waals surface area (Å²) >= 11 is 1.39. The molecule has 1 heterocycles. The van der Waals surface area contributed by atoms with Crippen LogP contribution in [-0.2, 0) is 0 Å². The predicted molar refractivity (Wildman–Crippen MR) is 51.7 cm³/mol. The molecule has 0 fully saturated rings. The molecule has 0 radical (unpaired) electrons. The van der Waals surface area contributed by atoms with Gasteiger partial charge in [0.25, 0.3) is 5.91 Å². The van der Waals surface area contributed by atoms with Crippen LogP contribution in [0, 0.1) is 11.8 Å². The van der Waals surface area contributed by atoms with E-state index in [-0.39, 0.29) is 12.5 Å². The topological polar surface area (TPSA) is 49.3 Å². The molecule has 0 aliphatic carbocycles. The number of amides is 1. The van der Waals surface area contributed by atoms with Crippen LogP contribution in [0.2, 0.25) is 0 Å². The van der Waals surface area contributed by atoms with Gasteiger partial charge in [-0.3, -0.25) is 4.79 Å². The van der Waals surface area contributed by atoms with E-state index < -0.39 is 0 Å². The quantitative estimate of drug-likeness (QED) is 0.639. The summed E-state index contributed by atoms with van der Waals surface area (Å²) in [4.78, 5) is 11.9. The van der Waals surface area contributed by atoms with Gasteiger partial charge in [0.2, 0.25) is 0 Å². The van der Waals surface area contributed by atoms with E-state index in [9.17, 15) is 4.79 Å². The van der Waals surface area contributed by atoms with E-state index in [2.05, 4.69) is 17.2 Å². The Morgan fingerprint density at radius 3 is 3.15 bits per heavy atom. The molecule has 1 amide bonds. The van der Waals surface area contributed by atoms with Crippen molar-refractivity contribution in [3.8, 4) is 11.8 Å². The van der Waals surface area contributed by atoms with Gasteiger partial charge in [-0.1, -0.05) is 11.8 Å². The summed E-state index contributed by atoms with van der Waals surface area (Å²) in [6.45, 7) is -0.160. The first kappa shape index (κ1) is 9.78. The van der Waals surface area contributed by atoms with Crippen molar-refractivity contribution in [1.82, 2.24) is 5.32 Å². The maximum Gasteiger partial charge on any atom is 0.251 e. The van der Waals surface area contributed by atoms with E-state index in [1.807, 2.05) is 0 Å². The normalized spacial score (nSPS) is 8.77. The molecule has 1 rings (SSSR count). The van der Waals surface area contributed by atoms with Gasteiger partial charge in [-0.2, -0.15) is 0 Å². The summed E-state index contributed by atoms with van der Waals surface area (Å²) in [5.41, 5.74) is 0.606. The number of aliphatic hydroxyl groups is 1. The summed E-state index contributed by atoms with van der Waals surface area (Å²) in [5, 5.41) is 12.7. The first-order valence-electron chi connectivity index (χ1n) is 3.68. The minimum absolute atomic E-state index is 0.117. The van der Waals surface area contributed by atoms with Gasteiger partial charge in [0.1, 0.15) is 6.61 Å². The van der Waals surface area contributed by atoms with Gasteiger partial charge in [0.15, 0.2) is 0 Å². The molecule has 0 unspecified atom stereocenters. The zero-order chi connectivity index (χ0) is 9.68. The van der Waals surface area contributed by atoms with Crippen molar-refractivity contribution in [2.75, 3.05) is 13.7 Å². The molecule has 4 heteroatoms. The molecule has 68 valence electrons. The fraction of sp³-hybridized carbons (Fsp3) is 0.222. The Morgan fingerprint density at radius 1 is 1.77 bits per heavy atom. The zero-order valence-corrected chi connectivity index (χ0v) is 7.94. The lowest BCUT2D eigenvalue weighted by Crippen LogP contribution is -2.16. The minimum Gasteiger partial charge on any atom is -0.384 e. The third-order valence-corrected chi connectivity index (χ3v) is 2.22. The third-order valence-electron chi connectivity index (χ3n) is 1.38. The molecule has 1 aromatic rings. The summed E-state index contributed by atoms with van der Waals surface area (Å²) in [7, 11) is 1.58. The largest absolute Gasteiger partial charge is 0.384 e. The third kappa shape index (κ3) is 2.58. The number of carbonyl (C=O) groups excluding carboxylic acids is 1. The Bertz CT molecular complexity index is 359. The molecule has 0 aliphatic heterocycles. The van der Waals surface area contributed by atoms with Crippen molar-refractivity contribution in [3.63, 3.8) is 0 Å². The number of hydrogen-bond acceptors (Lipinski definition) is 3. The zero-order valence-electron chi connectivity index (χ0n) is 7.13. The van der Waals surface area contributed by atoms with Crippen LogP contribution in [0.4, 0.5) is 0 Å². The monoisotopic (exact) mass is 195 g/mol. The highest BCUT2D eigenvalue weighted by atomic mass is 32.1. The fourth-order valence-electron chi connectivity index (χ4n) is 0.792. The van der Waals surface area contributed by atoms with Crippen LogP contribution >= 0.6 is 11.3 Å². The van der Waals surface area contributed by atoms with Crippen molar-refractivity contribution < 1.29 is 9.90 Å². The fourth-order valence-corrected chi connectivity index (χ4v) is 1.55. The predicted octanol–water partition coefficient (Wildman–Crippen LogP) is 0.452. The Balaban J connectivity index is 2.80. The van der Waals surface area contributed by atoms with Gasteiger partial charge in [0, 0.05) is 12.4 Å². The van der Waals surface area contributed by atoms with Crippen LogP contribution in [-0.4, -0.2) is 24.7 Å². The van der Waals surface area contributed by atoms with E-state index in [0.29, 0.717) is 5.56 Å². The van der Waals surface area contributed by atoms with E-state index in [1.54, 1.807) is 18.5 Å². The van der Waals surface area contributed by atoms with Crippen LogP contribution in [0.25, 0.3) is 0 Å². The second kappa shape index (κ2) is 4.65. The smallest absolute Gasteiger partial charge is 0.251 e. The van der Waals surface area contributed by atoms with Crippen LogP contribution in [0.1, 0.15) is 15.2 Å². The number of hydrogen-bond donors (Lipinski definition) is 2. The van der Waals surface area contributed by atoms with Crippen LogP contribution in [0.5, 0.6) is 0 Å². The summed E-state index contributed by atoms with van der Waals surface area (Å²) in [5.74, 6) is 5.13. The Hall–Kier alpha value is -1.31. The molecule has 0 atom stereocenters. The van der Waals surface area contributed by atoms with Crippen LogP contribution in [0.15, 0.2) is 11.4 Å². The highest BCUT2D eigenvalue weighted by Gasteiger charge is 2.04. The van der Waals surface area contributed by atoms with Crippen LogP contribution in [0.3, 0.4) is 0 Å². The molecule has 0 bridgehead atoms. The number of nitrogens with one attached hydrogen (secondary N) is 1. The molecular weight excluding hydrogens is 186 g/mol. The highest BCUT2D eigenvalue weighted by Crippen LogP contribution is 2.12. The first-order chi connectivity index (χ1) is 6.27. The van der Waals surface area contributed by atoms with E-state index in [0.717, 1.165) is 4.88 Å². The maximum atomic E-state index is 11.1. The molecular formula is C9H9NO2S. The first-order valence-corrected chi connectivity index (χ1v) is 4.56. The molecule has 13 heavy (non-hydrogen) atoms.